The second-order valence-electron chi connectivity index (χ2n) is 6.78. The molecule has 7 heteroatoms. The van der Waals surface area contributed by atoms with E-state index in [1.165, 1.54) is 0 Å². The number of ether oxygens (including phenoxy) is 1. The number of hydrogen-bond donors (Lipinski definition) is 1. The highest BCUT2D eigenvalue weighted by atomic mass is 32.2. The average molecular weight is 405 g/mol. The summed E-state index contributed by atoms with van der Waals surface area (Å²) < 4.78 is 31.1. The van der Waals surface area contributed by atoms with Gasteiger partial charge in [-0.1, -0.05) is 30.3 Å². The molecule has 28 heavy (non-hydrogen) atoms. The molecule has 2 aromatic carbocycles. The molecule has 0 unspecified atom stereocenters. The van der Waals surface area contributed by atoms with Crippen molar-refractivity contribution >= 4 is 21.6 Å². The number of nitrogens with one attached hydrogen (secondary N) is 1. The maximum absolute atomic E-state index is 12.6. The third-order valence-corrected chi connectivity index (χ3v) is 5.70. The molecule has 1 N–H and O–H groups in total. The Bertz CT molecular complexity index is 912. The lowest BCUT2D eigenvalue weighted by atomic mass is 10.1. The van der Waals surface area contributed by atoms with E-state index in [2.05, 4.69) is 5.32 Å². The molecule has 0 saturated heterocycles. The van der Waals surface area contributed by atoms with Gasteiger partial charge in [-0.15, -0.1) is 0 Å². The normalized spacial score (nSPS) is 12.3. The molecule has 1 amide bonds. The first-order valence-electron chi connectivity index (χ1n) is 9.19. The Morgan fingerprint density at radius 3 is 2.54 bits per heavy atom. The molecule has 0 aromatic heterocycles. The van der Waals surface area contributed by atoms with E-state index in [-0.39, 0.29) is 5.91 Å². The largest absolute Gasteiger partial charge is 0.496 e. The fraction of sp³-hybridized carbons (Fsp3) is 0.381. The van der Waals surface area contributed by atoms with Crippen LogP contribution in [0.4, 0.5) is 5.69 Å². The Balaban J connectivity index is 1.99. The highest BCUT2D eigenvalue weighted by Gasteiger charge is 2.28. The highest BCUT2D eigenvalue weighted by Crippen LogP contribution is 2.22. The first-order chi connectivity index (χ1) is 13.2. The molecule has 0 fully saturated rings. The Labute approximate surface area is 167 Å². The lowest BCUT2D eigenvalue weighted by Crippen LogP contribution is -2.48. The van der Waals surface area contributed by atoms with Gasteiger partial charge in [-0.05, 0) is 56.0 Å². The molecule has 1 atom stereocenters. The lowest BCUT2D eigenvalue weighted by Gasteiger charge is -2.28. The summed E-state index contributed by atoms with van der Waals surface area (Å²) in [5.74, 6) is 0.497. The smallest absolute Gasteiger partial charge is 0.243 e. The molecule has 2 rings (SSSR count). The van der Waals surface area contributed by atoms with Crippen molar-refractivity contribution in [2.45, 2.75) is 32.7 Å². The van der Waals surface area contributed by atoms with Crippen LogP contribution in [-0.2, 0) is 21.2 Å². The van der Waals surface area contributed by atoms with E-state index in [4.69, 9.17) is 4.74 Å². The lowest BCUT2D eigenvalue weighted by molar-refractivity contribution is -0.121. The molecule has 2 aromatic rings. The van der Waals surface area contributed by atoms with E-state index < -0.39 is 16.1 Å². The fourth-order valence-corrected chi connectivity index (χ4v) is 4.29. The van der Waals surface area contributed by atoms with E-state index in [0.717, 1.165) is 40.3 Å². The van der Waals surface area contributed by atoms with Crippen LogP contribution in [-0.4, -0.2) is 40.3 Å². The van der Waals surface area contributed by atoms with Crippen LogP contribution < -0.4 is 14.4 Å². The molecule has 0 aliphatic carbocycles. The second kappa shape index (κ2) is 9.59. The number of amides is 1. The van der Waals surface area contributed by atoms with E-state index in [9.17, 15) is 13.2 Å². The average Bonchev–Trinajstić information content (AvgIpc) is 2.64. The van der Waals surface area contributed by atoms with E-state index in [1.807, 2.05) is 37.3 Å². The minimum atomic E-state index is -3.61. The van der Waals surface area contributed by atoms with E-state index in [1.54, 1.807) is 32.2 Å². The number of nitrogens with zero attached hydrogens (tertiary/aromatic N) is 1. The molecule has 0 spiro atoms. The van der Waals surface area contributed by atoms with Crippen molar-refractivity contribution in [2.24, 2.45) is 0 Å². The number of para-hydroxylation sites is 1. The molecule has 0 radical (unpaired) electrons. The number of hydrogen-bond acceptors (Lipinski definition) is 4. The number of carbonyl (C=O) groups is 1. The van der Waals surface area contributed by atoms with E-state index in [0.29, 0.717) is 12.2 Å². The number of aryl methyl sites for hydroxylation is 2. The molecule has 0 saturated carbocycles. The second-order valence-corrected chi connectivity index (χ2v) is 8.64. The van der Waals surface area contributed by atoms with Crippen LogP contribution in [0.3, 0.4) is 0 Å². The number of carbonyl (C=O) groups excluding carboxylic acids is 1. The van der Waals surface area contributed by atoms with Gasteiger partial charge in [0, 0.05) is 6.54 Å². The van der Waals surface area contributed by atoms with Crippen molar-refractivity contribution in [1.82, 2.24) is 5.32 Å². The zero-order chi connectivity index (χ0) is 20.7. The molecule has 152 valence electrons. The number of anilines is 1. The molecule has 0 bridgehead atoms. The number of sulfonamides is 1. The maximum Gasteiger partial charge on any atom is 0.243 e. The molecular formula is C21H28N2O4S. The maximum atomic E-state index is 12.6. The first-order valence-corrected chi connectivity index (χ1v) is 11.0. The van der Waals surface area contributed by atoms with Crippen molar-refractivity contribution in [3.63, 3.8) is 0 Å². The van der Waals surface area contributed by atoms with Crippen LogP contribution in [0.2, 0.25) is 0 Å². The van der Waals surface area contributed by atoms with Crippen LogP contribution >= 0.6 is 0 Å². The van der Waals surface area contributed by atoms with Crippen LogP contribution in [0, 0.1) is 6.92 Å². The van der Waals surface area contributed by atoms with Crippen LogP contribution in [0.5, 0.6) is 5.75 Å². The van der Waals surface area contributed by atoms with Crippen LogP contribution in [0.1, 0.15) is 24.5 Å². The topological polar surface area (TPSA) is 75.7 Å². The molecule has 0 aliphatic heterocycles. The van der Waals surface area contributed by atoms with Gasteiger partial charge in [0.15, 0.2) is 0 Å². The van der Waals surface area contributed by atoms with Crippen molar-refractivity contribution in [2.75, 3.05) is 24.2 Å². The molecule has 0 heterocycles. The Morgan fingerprint density at radius 2 is 1.89 bits per heavy atom. The van der Waals surface area contributed by atoms with Crippen molar-refractivity contribution < 1.29 is 17.9 Å². The Kier molecular flexibility index (Phi) is 7.45. The van der Waals surface area contributed by atoms with Gasteiger partial charge in [0.1, 0.15) is 11.8 Å². The van der Waals surface area contributed by atoms with E-state index >= 15 is 0 Å². The summed E-state index contributed by atoms with van der Waals surface area (Å²) in [5, 5.41) is 2.84. The van der Waals surface area contributed by atoms with Gasteiger partial charge in [0.25, 0.3) is 0 Å². The third-order valence-electron chi connectivity index (χ3n) is 4.46. The number of rotatable bonds is 9. The summed E-state index contributed by atoms with van der Waals surface area (Å²) in [5.41, 5.74) is 2.49. The predicted molar refractivity (Wildman–Crippen MR) is 112 cm³/mol. The summed E-state index contributed by atoms with van der Waals surface area (Å²) in [6.07, 6.45) is 2.59. The van der Waals surface area contributed by atoms with Crippen LogP contribution in [0.25, 0.3) is 0 Å². The Morgan fingerprint density at radius 1 is 1.18 bits per heavy atom. The van der Waals surface area contributed by atoms with Gasteiger partial charge in [0.2, 0.25) is 15.9 Å². The summed E-state index contributed by atoms with van der Waals surface area (Å²) >= 11 is 0. The number of benzene rings is 2. The van der Waals surface area contributed by atoms with Crippen molar-refractivity contribution in [3.05, 3.63) is 59.7 Å². The molecule has 0 aliphatic rings. The van der Waals surface area contributed by atoms with Gasteiger partial charge in [-0.25, -0.2) is 8.42 Å². The highest BCUT2D eigenvalue weighted by molar-refractivity contribution is 7.92. The third kappa shape index (κ3) is 5.73. The van der Waals surface area contributed by atoms with Gasteiger partial charge in [-0.3, -0.25) is 9.10 Å². The number of methoxy groups -OCH3 is 1. The summed E-state index contributed by atoms with van der Waals surface area (Å²) in [6, 6.07) is 14.0. The molecular weight excluding hydrogens is 376 g/mol. The minimum Gasteiger partial charge on any atom is -0.496 e. The summed E-state index contributed by atoms with van der Waals surface area (Å²) in [6.45, 7) is 3.93. The van der Waals surface area contributed by atoms with Gasteiger partial charge in [0.05, 0.1) is 19.1 Å². The van der Waals surface area contributed by atoms with Crippen LogP contribution in [0.15, 0.2) is 48.5 Å². The van der Waals surface area contributed by atoms with Gasteiger partial charge in [-0.2, -0.15) is 0 Å². The first kappa shape index (κ1) is 21.8. The molecule has 6 nitrogen and oxygen atoms in total. The van der Waals surface area contributed by atoms with Crippen molar-refractivity contribution in [1.29, 1.82) is 0 Å². The minimum absolute atomic E-state index is 0.327. The SMILES string of the molecule is COc1ccccc1CCCNC(=O)[C@H](C)N(c1cccc(C)c1)S(C)(=O)=O. The zero-order valence-electron chi connectivity index (χ0n) is 16.8. The van der Waals surface area contributed by atoms with Crippen molar-refractivity contribution in [3.8, 4) is 5.75 Å². The summed E-state index contributed by atoms with van der Waals surface area (Å²) in [4.78, 5) is 12.6. The quantitative estimate of drug-likeness (QED) is 0.652. The monoisotopic (exact) mass is 404 g/mol. The predicted octanol–water partition coefficient (Wildman–Crippen LogP) is 2.91. The standard InChI is InChI=1S/C21H28N2O4S/c1-16-9-7-12-19(15-16)23(28(4,25)26)17(2)21(24)22-14-8-11-18-10-5-6-13-20(18)27-3/h5-7,9-10,12-13,15,17H,8,11,14H2,1-4H3,(H,22,24)/t17-/m0/s1. The summed E-state index contributed by atoms with van der Waals surface area (Å²) in [7, 11) is -1.97. The Hall–Kier alpha value is -2.54. The van der Waals surface area contributed by atoms with Gasteiger partial charge >= 0.3 is 0 Å². The van der Waals surface area contributed by atoms with Gasteiger partial charge < -0.3 is 10.1 Å². The zero-order valence-corrected chi connectivity index (χ0v) is 17.6. The fourth-order valence-electron chi connectivity index (χ4n) is 3.12.